The van der Waals surface area contributed by atoms with Crippen molar-refractivity contribution in [2.75, 3.05) is 5.32 Å². The zero-order chi connectivity index (χ0) is 14.7. The van der Waals surface area contributed by atoms with Crippen LogP contribution in [0.4, 0.5) is 11.4 Å². The van der Waals surface area contributed by atoms with E-state index in [1.54, 1.807) is 44.2 Å². The molecule has 1 N–H and O–H groups in total. The van der Waals surface area contributed by atoms with E-state index in [9.17, 15) is 14.9 Å². The van der Waals surface area contributed by atoms with Crippen LogP contribution >= 0.6 is 0 Å². The number of aryl methyl sites for hydroxylation is 1. The molecular formula is C14H13N3O3. The Balaban J connectivity index is 2.33. The Kier molecular flexibility index (Phi) is 3.74. The molecule has 1 aromatic carbocycles. The molecule has 1 heterocycles. The zero-order valence-electron chi connectivity index (χ0n) is 11.1. The minimum absolute atomic E-state index is 0.0733. The molecule has 102 valence electrons. The number of amides is 1. The molecule has 20 heavy (non-hydrogen) atoms. The van der Waals surface area contributed by atoms with E-state index in [0.717, 1.165) is 0 Å². The lowest BCUT2D eigenvalue weighted by molar-refractivity contribution is -0.386. The van der Waals surface area contributed by atoms with Crippen LogP contribution in [-0.4, -0.2) is 15.8 Å². The smallest absolute Gasteiger partial charge is 0.295 e. The molecule has 0 aliphatic rings. The van der Waals surface area contributed by atoms with Crippen molar-refractivity contribution in [3.05, 3.63) is 63.5 Å². The Morgan fingerprint density at radius 1 is 1.25 bits per heavy atom. The molecule has 0 unspecified atom stereocenters. The molecule has 0 atom stereocenters. The van der Waals surface area contributed by atoms with Gasteiger partial charge >= 0.3 is 0 Å². The Morgan fingerprint density at radius 3 is 2.50 bits per heavy atom. The van der Waals surface area contributed by atoms with Crippen LogP contribution in [0.15, 0.2) is 36.5 Å². The SMILES string of the molecule is Cc1ncc(NC(=O)c2ccccc2)c(C)c1[N+](=O)[O-]. The van der Waals surface area contributed by atoms with Crippen molar-refractivity contribution >= 4 is 17.3 Å². The van der Waals surface area contributed by atoms with E-state index in [0.29, 0.717) is 22.5 Å². The Hall–Kier alpha value is -2.76. The van der Waals surface area contributed by atoms with Crippen LogP contribution in [-0.2, 0) is 0 Å². The highest BCUT2D eigenvalue weighted by molar-refractivity contribution is 6.04. The summed E-state index contributed by atoms with van der Waals surface area (Å²) < 4.78 is 0. The van der Waals surface area contributed by atoms with Gasteiger partial charge in [-0.15, -0.1) is 0 Å². The Labute approximate surface area is 115 Å². The monoisotopic (exact) mass is 271 g/mol. The quantitative estimate of drug-likeness (QED) is 0.687. The second-order valence-electron chi connectivity index (χ2n) is 4.31. The number of nitrogens with one attached hydrogen (secondary N) is 1. The number of aromatic nitrogens is 1. The molecule has 0 fully saturated rings. The summed E-state index contributed by atoms with van der Waals surface area (Å²) in [5.41, 5.74) is 1.47. The first-order chi connectivity index (χ1) is 9.50. The van der Waals surface area contributed by atoms with Gasteiger partial charge in [0.1, 0.15) is 5.69 Å². The van der Waals surface area contributed by atoms with Crippen LogP contribution in [0.1, 0.15) is 21.6 Å². The third-order valence-electron chi connectivity index (χ3n) is 2.96. The van der Waals surface area contributed by atoms with E-state index in [-0.39, 0.29) is 11.6 Å². The summed E-state index contributed by atoms with van der Waals surface area (Å²) in [5, 5.41) is 13.6. The van der Waals surface area contributed by atoms with Crippen LogP contribution in [0.3, 0.4) is 0 Å². The first-order valence-corrected chi connectivity index (χ1v) is 5.97. The average Bonchev–Trinajstić information content (AvgIpc) is 2.42. The number of hydrogen-bond acceptors (Lipinski definition) is 4. The fraction of sp³-hybridized carbons (Fsp3) is 0.143. The van der Waals surface area contributed by atoms with Crippen molar-refractivity contribution in [3.8, 4) is 0 Å². The van der Waals surface area contributed by atoms with Gasteiger partial charge in [0.05, 0.1) is 22.4 Å². The highest BCUT2D eigenvalue weighted by Crippen LogP contribution is 2.27. The van der Waals surface area contributed by atoms with Crippen LogP contribution in [0.5, 0.6) is 0 Å². The summed E-state index contributed by atoms with van der Waals surface area (Å²) >= 11 is 0. The van der Waals surface area contributed by atoms with Gasteiger partial charge in [0.2, 0.25) is 0 Å². The lowest BCUT2D eigenvalue weighted by Crippen LogP contribution is -2.14. The standard InChI is InChI=1S/C14H13N3O3/c1-9-12(8-15-10(2)13(9)17(19)20)16-14(18)11-6-4-3-5-7-11/h3-8H,1-2H3,(H,16,18). The number of hydrogen-bond donors (Lipinski definition) is 1. The summed E-state index contributed by atoms with van der Waals surface area (Å²) in [5.74, 6) is -0.325. The molecule has 0 saturated carbocycles. The van der Waals surface area contributed by atoms with Crippen LogP contribution < -0.4 is 5.32 Å². The van der Waals surface area contributed by atoms with Gasteiger partial charge in [-0.3, -0.25) is 19.9 Å². The second-order valence-corrected chi connectivity index (χ2v) is 4.31. The number of carbonyl (C=O) groups excluding carboxylic acids is 1. The average molecular weight is 271 g/mol. The fourth-order valence-electron chi connectivity index (χ4n) is 1.90. The van der Waals surface area contributed by atoms with E-state index in [2.05, 4.69) is 10.3 Å². The molecule has 1 amide bonds. The minimum atomic E-state index is -0.490. The first-order valence-electron chi connectivity index (χ1n) is 5.97. The summed E-state index contributed by atoms with van der Waals surface area (Å²) in [6, 6.07) is 8.64. The number of benzene rings is 1. The highest BCUT2D eigenvalue weighted by atomic mass is 16.6. The van der Waals surface area contributed by atoms with E-state index in [1.165, 1.54) is 6.20 Å². The number of pyridine rings is 1. The van der Waals surface area contributed by atoms with Crippen molar-refractivity contribution < 1.29 is 9.72 Å². The lowest BCUT2D eigenvalue weighted by atomic mass is 10.1. The number of nitrogens with zero attached hydrogens (tertiary/aromatic N) is 2. The van der Waals surface area contributed by atoms with Crippen LogP contribution in [0.25, 0.3) is 0 Å². The van der Waals surface area contributed by atoms with Crippen molar-refractivity contribution in [1.82, 2.24) is 4.98 Å². The predicted octanol–water partition coefficient (Wildman–Crippen LogP) is 2.86. The molecule has 0 spiro atoms. The zero-order valence-corrected chi connectivity index (χ0v) is 11.1. The van der Waals surface area contributed by atoms with Crippen molar-refractivity contribution in [2.24, 2.45) is 0 Å². The maximum absolute atomic E-state index is 12.0. The number of anilines is 1. The van der Waals surface area contributed by atoms with Crippen molar-refractivity contribution in [2.45, 2.75) is 13.8 Å². The molecule has 6 nitrogen and oxygen atoms in total. The Morgan fingerprint density at radius 2 is 1.90 bits per heavy atom. The number of carbonyl (C=O) groups is 1. The summed E-state index contributed by atoms with van der Waals surface area (Å²) in [6.45, 7) is 3.15. The highest BCUT2D eigenvalue weighted by Gasteiger charge is 2.20. The first kappa shape index (κ1) is 13.7. The van der Waals surface area contributed by atoms with Gasteiger partial charge in [0.15, 0.2) is 0 Å². The van der Waals surface area contributed by atoms with Gasteiger partial charge in [-0.2, -0.15) is 0 Å². The van der Waals surface area contributed by atoms with E-state index >= 15 is 0 Å². The summed E-state index contributed by atoms with van der Waals surface area (Å²) in [6.07, 6.45) is 1.43. The Bertz CT molecular complexity index is 669. The number of nitro groups is 1. The van der Waals surface area contributed by atoms with Gasteiger partial charge in [-0.1, -0.05) is 18.2 Å². The van der Waals surface area contributed by atoms with E-state index in [4.69, 9.17) is 0 Å². The lowest BCUT2D eigenvalue weighted by Gasteiger charge is -2.09. The van der Waals surface area contributed by atoms with Gasteiger partial charge in [-0.25, -0.2) is 0 Å². The van der Waals surface area contributed by atoms with E-state index in [1.807, 2.05) is 0 Å². The molecule has 0 saturated heterocycles. The van der Waals surface area contributed by atoms with Crippen molar-refractivity contribution in [3.63, 3.8) is 0 Å². The summed E-state index contributed by atoms with van der Waals surface area (Å²) in [4.78, 5) is 26.5. The topological polar surface area (TPSA) is 85.1 Å². The van der Waals surface area contributed by atoms with Crippen LogP contribution in [0, 0.1) is 24.0 Å². The molecule has 1 aromatic heterocycles. The maximum atomic E-state index is 12.0. The molecular weight excluding hydrogens is 258 g/mol. The second kappa shape index (κ2) is 5.48. The fourth-order valence-corrected chi connectivity index (χ4v) is 1.90. The number of rotatable bonds is 3. The third kappa shape index (κ3) is 2.64. The minimum Gasteiger partial charge on any atom is -0.320 e. The maximum Gasteiger partial charge on any atom is 0.295 e. The van der Waals surface area contributed by atoms with Gasteiger partial charge < -0.3 is 5.32 Å². The molecule has 0 radical (unpaired) electrons. The van der Waals surface area contributed by atoms with Crippen LogP contribution in [0.2, 0.25) is 0 Å². The van der Waals surface area contributed by atoms with Crippen molar-refractivity contribution in [1.29, 1.82) is 0 Å². The molecule has 2 aromatic rings. The molecule has 2 rings (SSSR count). The largest absolute Gasteiger partial charge is 0.320 e. The third-order valence-corrected chi connectivity index (χ3v) is 2.96. The normalized spacial score (nSPS) is 10.1. The molecule has 6 heteroatoms. The van der Waals surface area contributed by atoms with Gasteiger partial charge in [0.25, 0.3) is 11.6 Å². The summed E-state index contributed by atoms with van der Waals surface area (Å²) in [7, 11) is 0. The predicted molar refractivity (Wildman–Crippen MR) is 74.8 cm³/mol. The molecule has 0 aliphatic heterocycles. The van der Waals surface area contributed by atoms with Gasteiger partial charge in [-0.05, 0) is 26.0 Å². The van der Waals surface area contributed by atoms with E-state index < -0.39 is 4.92 Å². The molecule has 0 bridgehead atoms. The molecule has 0 aliphatic carbocycles. The van der Waals surface area contributed by atoms with Gasteiger partial charge in [0, 0.05) is 5.56 Å².